The minimum Gasteiger partial charge on any atom is -0.497 e. The van der Waals surface area contributed by atoms with Crippen molar-refractivity contribution in [2.75, 3.05) is 33.3 Å². The number of nitrogens with zero attached hydrogens (tertiary/aromatic N) is 3. The maximum atomic E-state index is 13.0. The first-order chi connectivity index (χ1) is 18.2. The zero-order chi connectivity index (χ0) is 25.4. The normalized spacial score (nSPS) is 28.7. The van der Waals surface area contributed by atoms with Crippen LogP contribution in [-0.4, -0.2) is 72.1 Å². The summed E-state index contributed by atoms with van der Waals surface area (Å²) in [5.41, 5.74) is 6.35. The van der Waals surface area contributed by atoms with Crippen molar-refractivity contribution in [3.8, 4) is 5.75 Å². The Morgan fingerprint density at radius 2 is 1.84 bits per heavy atom. The fraction of sp³-hybridized carbons (Fsp3) is 0.516. The third-order valence-electron chi connectivity index (χ3n) is 9.19. The Hall–Kier alpha value is -2.67. The molecule has 5 atom stereocenters. The SMILES string of the molecule is C=CCN1C2CN(C(c3ccc(C(=O)NN4CCCCCC4)cc3)c3cccc(OC)c3)C3C2CCC31. The highest BCUT2D eigenvalue weighted by molar-refractivity contribution is 5.93. The maximum Gasteiger partial charge on any atom is 0.265 e. The van der Waals surface area contributed by atoms with Crippen molar-refractivity contribution >= 4 is 5.91 Å². The van der Waals surface area contributed by atoms with Gasteiger partial charge >= 0.3 is 0 Å². The summed E-state index contributed by atoms with van der Waals surface area (Å²) in [6.45, 7) is 7.94. The Balaban J connectivity index is 1.27. The maximum absolute atomic E-state index is 13.0. The smallest absolute Gasteiger partial charge is 0.265 e. The van der Waals surface area contributed by atoms with Gasteiger partial charge in [-0.2, -0.15) is 0 Å². The molecule has 1 saturated carbocycles. The molecule has 3 saturated heterocycles. The van der Waals surface area contributed by atoms with Gasteiger partial charge in [-0.25, -0.2) is 5.01 Å². The highest BCUT2D eigenvalue weighted by Gasteiger charge is 2.61. The van der Waals surface area contributed by atoms with Crippen molar-refractivity contribution in [1.82, 2.24) is 20.2 Å². The van der Waals surface area contributed by atoms with E-state index >= 15 is 0 Å². The van der Waals surface area contributed by atoms with Gasteiger partial charge in [0.2, 0.25) is 0 Å². The summed E-state index contributed by atoms with van der Waals surface area (Å²) in [6.07, 6.45) is 9.45. The molecule has 4 aliphatic rings. The molecule has 0 aromatic heterocycles. The van der Waals surface area contributed by atoms with E-state index in [1.165, 1.54) is 36.8 Å². The van der Waals surface area contributed by atoms with E-state index in [1.54, 1.807) is 7.11 Å². The van der Waals surface area contributed by atoms with Gasteiger partial charge in [0, 0.05) is 49.9 Å². The molecule has 4 bridgehead atoms. The van der Waals surface area contributed by atoms with Crippen LogP contribution in [0.15, 0.2) is 61.2 Å². The number of rotatable bonds is 8. The van der Waals surface area contributed by atoms with Gasteiger partial charge in [-0.05, 0) is 67.0 Å². The van der Waals surface area contributed by atoms with E-state index in [0.717, 1.165) is 56.3 Å². The fourth-order valence-electron chi connectivity index (χ4n) is 7.60. The van der Waals surface area contributed by atoms with E-state index < -0.39 is 0 Å². The molecule has 196 valence electrons. The largest absolute Gasteiger partial charge is 0.497 e. The summed E-state index contributed by atoms with van der Waals surface area (Å²) in [6, 6.07) is 18.8. The number of nitrogens with one attached hydrogen (secondary N) is 1. The third kappa shape index (κ3) is 4.60. The Bertz CT molecular complexity index is 1110. The Kier molecular flexibility index (Phi) is 7.06. The van der Waals surface area contributed by atoms with Crippen molar-refractivity contribution < 1.29 is 9.53 Å². The standard InChI is InChI=1S/C31H40N4O2/c1-3-17-34-27-16-15-26-28(34)21-35(30(26)27)29(24-9-8-10-25(20-24)37-2)22-11-13-23(14-12-22)31(36)32-33-18-6-4-5-7-19-33/h3,8-14,20,26-30H,1,4-7,15-19,21H2,2H3,(H,32,36). The van der Waals surface area contributed by atoms with Crippen LogP contribution in [0.1, 0.15) is 66.1 Å². The molecule has 6 rings (SSSR count). The number of amides is 1. The van der Waals surface area contributed by atoms with E-state index in [2.05, 4.69) is 63.2 Å². The van der Waals surface area contributed by atoms with Crippen LogP contribution in [0.25, 0.3) is 0 Å². The van der Waals surface area contributed by atoms with E-state index in [-0.39, 0.29) is 11.9 Å². The average molecular weight is 501 g/mol. The predicted molar refractivity (Wildman–Crippen MR) is 146 cm³/mol. The molecule has 1 N–H and O–H groups in total. The van der Waals surface area contributed by atoms with Crippen molar-refractivity contribution in [2.24, 2.45) is 5.92 Å². The second-order valence-electron chi connectivity index (χ2n) is 11.2. The summed E-state index contributed by atoms with van der Waals surface area (Å²) >= 11 is 0. The molecule has 6 heteroatoms. The van der Waals surface area contributed by atoms with Crippen LogP contribution >= 0.6 is 0 Å². The lowest BCUT2D eigenvalue weighted by molar-refractivity contribution is 0.0574. The van der Waals surface area contributed by atoms with Gasteiger partial charge in [0.05, 0.1) is 13.2 Å². The first kappa shape index (κ1) is 24.7. The quantitative estimate of drug-likeness (QED) is 0.535. The number of hydrazine groups is 1. The van der Waals surface area contributed by atoms with E-state index in [0.29, 0.717) is 18.1 Å². The van der Waals surface area contributed by atoms with Crippen molar-refractivity contribution in [3.05, 3.63) is 77.9 Å². The van der Waals surface area contributed by atoms with Gasteiger partial charge in [0.15, 0.2) is 0 Å². The number of hydrogen-bond donors (Lipinski definition) is 1. The summed E-state index contributed by atoms with van der Waals surface area (Å²) in [4.78, 5) is 18.5. The summed E-state index contributed by atoms with van der Waals surface area (Å²) in [5.74, 6) is 1.61. The highest BCUT2D eigenvalue weighted by atomic mass is 16.5. The molecule has 2 aromatic rings. The number of hydrogen-bond acceptors (Lipinski definition) is 5. The molecule has 3 aliphatic heterocycles. The van der Waals surface area contributed by atoms with Crippen molar-refractivity contribution in [2.45, 2.75) is 62.7 Å². The number of carbonyl (C=O) groups excluding carboxylic acids is 1. The summed E-state index contributed by atoms with van der Waals surface area (Å²) < 4.78 is 5.61. The molecule has 0 radical (unpaired) electrons. The average Bonchev–Trinajstić information content (AvgIpc) is 3.51. The molecule has 1 amide bonds. The van der Waals surface area contributed by atoms with E-state index in [1.807, 2.05) is 18.2 Å². The number of likely N-dealkylation sites (tertiary alicyclic amines) is 2. The topological polar surface area (TPSA) is 48.0 Å². The molecule has 2 aromatic carbocycles. The fourth-order valence-corrected chi connectivity index (χ4v) is 7.60. The van der Waals surface area contributed by atoms with Crippen LogP contribution in [0.2, 0.25) is 0 Å². The van der Waals surface area contributed by atoms with Crippen LogP contribution in [0.5, 0.6) is 5.75 Å². The molecular weight excluding hydrogens is 460 g/mol. The van der Waals surface area contributed by atoms with Gasteiger partial charge < -0.3 is 4.74 Å². The van der Waals surface area contributed by atoms with E-state index in [4.69, 9.17) is 4.74 Å². The number of piperazine rings is 1. The second-order valence-corrected chi connectivity index (χ2v) is 11.2. The zero-order valence-corrected chi connectivity index (χ0v) is 22.0. The summed E-state index contributed by atoms with van der Waals surface area (Å²) in [7, 11) is 1.73. The van der Waals surface area contributed by atoms with Crippen LogP contribution < -0.4 is 10.2 Å². The van der Waals surface area contributed by atoms with Crippen LogP contribution in [0, 0.1) is 5.92 Å². The number of ether oxygens (including phenoxy) is 1. The molecule has 1 aliphatic carbocycles. The van der Waals surface area contributed by atoms with Crippen LogP contribution in [-0.2, 0) is 0 Å². The molecule has 0 spiro atoms. The van der Waals surface area contributed by atoms with E-state index in [9.17, 15) is 4.79 Å². The van der Waals surface area contributed by atoms with Crippen molar-refractivity contribution in [1.29, 1.82) is 0 Å². The number of piperidine rings is 1. The predicted octanol–water partition coefficient (Wildman–Crippen LogP) is 4.64. The molecule has 3 heterocycles. The van der Waals surface area contributed by atoms with Crippen LogP contribution in [0.4, 0.5) is 0 Å². The van der Waals surface area contributed by atoms with Gasteiger partial charge in [-0.15, -0.1) is 6.58 Å². The van der Waals surface area contributed by atoms with Crippen molar-refractivity contribution in [3.63, 3.8) is 0 Å². The van der Waals surface area contributed by atoms with Gasteiger partial charge in [0.25, 0.3) is 5.91 Å². The Labute approximate surface area is 221 Å². The van der Waals surface area contributed by atoms with Crippen LogP contribution in [0.3, 0.4) is 0 Å². The van der Waals surface area contributed by atoms with Gasteiger partial charge in [0.1, 0.15) is 5.75 Å². The van der Waals surface area contributed by atoms with Gasteiger partial charge in [-0.1, -0.05) is 43.2 Å². The number of carbonyl (C=O) groups is 1. The lowest BCUT2D eigenvalue weighted by atomic mass is 9.94. The highest BCUT2D eigenvalue weighted by Crippen LogP contribution is 2.53. The molecule has 6 nitrogen and oxygen atoms in total. The minimum atomic E-state index is -0.00952. The monoisotopic (exact) mass is 500 g/mol. The summed E-state index contributed by atoms with van der Waals surface area (Å²) in [5, 5.41) is 2.09. The first-order valence-corrected chi connectivity index (χ1v) is 14.1. The lowest BCUT2D eigenvalue weighted by Gasteiger charge is -2.44. The first-order valence-electron chi connectivity index (χ1n) is 14.1. The number of benzene rings is 2. The number of methoxy groups -OCH3 is 1. The minimum absolute atomic E-state index is 0.00952. The Morgan fingerprint density at radius 3 is 2.54 bits per heavy atom. The molecule has 5 unspecified atom stereocenters. The molecular formula is C31H40N4O2. The molecule has 4 fully saturated rings. The lowest BCUT2D eigenvalue weighted by Crippen LogP contribution is -2.53. The Morgan fingerprint density at radius 1 is 1.05 bits per heavy atom. The van der Waals surface area contributed by atoms with Gasteiger partial charge in [-0.3, -0.25) is 20.0 Å². The zero-order valence-electron chi connectivity index (χ0n) is 22.0. The molecule has 37 heavy (non-hydrogen) atoms. The third-order valence-corrected chi connectivity index (χ3v) is 9.19. The second kappa shape index (κ2) is 10.6.